The van der Waals surface area contributed by atoms with Crippen molar-refractivity contribution in [2.75, 3.05) is 13.1 Å². The lowest BCUT2D eigenvalue weighted by atomic mass is 9.93. The largest absolute Gasteiger partial charge is 0.350 e. The smallest absolute Gasteiger partial charge is 0.220 e. The topological polar surface area (TPSA) is 50.2 Å². The zero-order chi connectivity index (χ0) is 17.6. The second-order valence-corrected chi connectivity index (χ2v) is 7.07. The first kappa shape index (κ1) is 17.7. The Morgan fingerprint density at radius 3 is 2.60 bits per heavy atom. The summed E-state index contributed by atoms with van der Waals surface area (Å²) < 4.78 is 1.94. The third-order valence-corrected chi connectivity index (χ3v) is 5.17. The average molecular weight is 340 g/mol. The van der Waals surface area contributed by atoms with E-state index in [0.29, 0.717) is 12.3 Å². The van der Waals surface area contributed by atoms with Crippen LogP contribution < -0.4 is 5.32 Å². The van der Waals surface area contributed by atoms with E-state index in [9.17, 15) is 4.79 Å². The molecule has 1 amide bonds. The molecule has 0 bridgehead atoms. The SMILES string of the molecule is C[C@@H](NC(=O)CC1CCN(Cc2ccnn2C)CC1)c1ccccc1. The van der Waals surface area contributed by atoms with Crippen LogP contribution in [0, 0.1) is 5.92 Å². The van der Waals surface area contributed by atoms with Crippen LogP contribution in [0.25, 0.3) is 0 Å². The normalized spacial score (nSPS) is 17.4. The van der Waals surface area contributed by atoms with Crippen LogP contribution >= 0.6 is 0 Å². The lowest BCUT2D eigenvalue weighted by Crippen LogP contribution is -2.36. The predicted octanol–water partition coefficient (Wildman–Crippen LogP) is 2.90. The quantitative estimate of drug-likeness (QED) is 0.880. The van der Waals surface area contributed by atoms with Gasteiger partial charge in [0.05, 0.1) is 11.7 Å². The highest BCUT2D eigenvalue weighted by molar-refractivity contribution is 5.76. The van der Waals surface area contributed by atoms with Crippen LogP contribution in [0.15, 0.2) is 42.6 Å². The van der Waals surface area contributed by atoms with Crippen molar-refractivity contribution in [1.82, 2.24) is 20.0 Å². The van der Waals surface area contributed by atoms with Gasteiger partial charge in [-0.15, -0.1) is 0 Å². The second-order valence-electron chi connectivity index (χ2n) is 7.07. The Labute approximate surface area is 150 Å². The zero-order valence-corrected chi connectivity index (χ0v) is 15.2. The van der Waals surface area contributed by atoms with Crippen molar-refractivity contribution >= 4 is 5.91 Å². The van der Waals surface area contributed by atoms with Gasteiger partial charge in [-0.2, -0.15) is 5.10 Å². The minimum atomic E-state index is 0.0682. The molecule has 1 atom stereocenters. The Kier molecular flexibility index (Phi) is 5.87. The highest BCUT2D eigenvalue weighted by Crippen LogP contribution is 2.22. The standard InChI is InChI=1S/C20H28N4O/c1-16(18-6-4-3-5-7-18)22-20(25)14-17-9-12-24(13-10-17)15-19-8-11-21-23(19)2/h3-8,11,16-17H,9-10,12-15H2,1-2H3,(H,22,25)/t16-/m1/s1. The molecular weight excluding hydrogens is 312 g/mol. The van der Waals surface area contributed by atoms with Crippen LogP contribution in [-0.4, -0.2) is 33.7 Å². The van der Waals surface area contributed by atoms with E-state index in [1.165, 1.54) is 5.69 Å². The molecule has 1 aliphatic rings. The van der Waals surface area contributed by atoms with Crippen LogP contribution in [0.3, 0.4) is 0 Å². The van der Waals surface area contributed by atoms with Gasteiger partial charge in [-0.1, -0.05) is 30.3 Å². The number of nitrogens with zero attached hydrogens (tertiary/aromatic N) is 3. The Balaban J connectivity index is 1.41. The molecule has 1 fully saturated rings. The molecule has 5 heteroatoms. The number of rotatable bonds is 6. The van der Waals surface area contributed by atoms with Gasteiger partial charge in [0.25, 0.3) is 0 Å². The number of benzene rings is 1. The summed E-state index contributed by atoms with van der Waals surface area (Å²) in [6, 6.07) is 12.3. The molecule has 0 unspecified atom stereocenters. The Morgan fingerprint density at radius 2 is 1.96 bits per heavy atom. The molecule has 5 nitrogen and oxygen atoms in total. The van der Waals surface area contributed by atoms with Gasteiger partial charge >= 0.3 is 0 Å². The van der Waals surface area contributed by atoms with Gasteiger partial charge < -0.3 is 5.32 Å². The fourth-order valence-electron chi connectivity index (χ4n) is 3.52. The molecule has 1 aliphatic heterocycles. The highest BCUT2D eigenvalue weighted by atomic mass is 16.1. The number of aromatic nitrogens is 2. The van der Waals surface area contributed by atoms with Crippen molar-refractivity contribution < 1.29 is 4.79 Å². The van der Waals surface area contributed by atoms with Crippen LogP contribution in [0.1, 0.15) is 43.5 Å². The summed E-state index contributed by atoms with van der Waals surface area (Å²) in [5.74, 6) is 0.659. The van der Waals surface area contributed by atoms with E-state index in [1.807, 2.05) is 43.0 Å². The molecule has 1 saturated heterocycles. The molecule has 0 radical (unpaired) electrons. The second kappa shape index (κ2) is 8.30. The number of likely N-dealkylation sites (tertiary alicyclic amines) is 1. The molecule has 0 saturated carbocycles. The van der Waals surface area contributed by atoms with E-state index in [0.717, 1.165) is 38.0 Å². The summed E-state index contributed by atoms with van der Waals surface area (Å²) >= 11 is 0. The van der Waals surface area contributed by atoms with E-state index in [1.54, 1.807) is 0 Å². The molecule has 134 valence electrons. The predicted molar refractivity (Wildman–Crippen MR) is 98.8 cm³/mol. The van der Waals surface area contributed by atoms with Gasteiger partial charge in [-0.25, -0.2) is 0 Å². The molecule has 3 rings (SSSR count). The van der Waals surface area contributed by atoms with Gasteiger partial charge in [-0.05, 0) is 50.4 Å². The van der Waals surface area contributed by atoms with Crippen LogP contribution in [0.2, 0.25) is 0 Å². The van der Waals surface area contributed by atoms with Crippen molar-refractivity contribution in [2.45, 2.75) is 38.8 Å². The van der Waals surface area contributed by atoms with Gasteiger partial charge in [0, 0.05) is 26.2 Å². The molecule has 2 heterocycles. The van der Waals surface area contributed by atoms with E-state index in [-0.39, 0.29) is 11.9 Å². The Bertz CT molecular complexity index is 674. The molecule has 1 N–H and O–H groups in total. The van der Waals surface area contributed by atoms with Gasteiger partial charge in [-0.3, -0.25) is 14.4 Å². The molecule has 1 aromatic carbocycles. The van der Waals surface area contributed by atoms with Crippen molar-refractivity contribution in [1.29, 1.82) is 0 Å². The first-order valence-electron chi connectivity index (χ1n) is 9.15. The monoisotopic (exact) mass is 340 g/mol. The van der Waals surface area contributed by atoms with E-state index < -0.39 is 0 Å². The maximum absolute atomic E-state index is 12.3. The number of nitrogens with one attached hydrogen (secondary N) is 1. The Hall–Kier alpha value is -2.14. The lowest BCUT2D eigenvalue weighted by molar-refractivity contribution is -0.123. The number of aryl methyl sites for hydroxylation is 1. The molecule has 0 aliphatic carbocycles. The summed E-state index contributed by atoms with van der Waals surface area (Å²) in [6.07, 6.45) is 4.66. The minimum absolute atomic E-state index is 0.0682. The first-order valence-corrected chi connectivity index (χ1v) is 9.15. The van der Waals surface area contributed by atoms with E-state index in [4.69, 9.17) is 0 Å². The maximum atomic E-state index is 12.3. The summed E-state index contributed by atoms with van der Waals surface area (Å²) in [6.45, 7) is 5.10. The van der Waals surface area contributed by atoms with Crippen molar-refractivity contribution in [3.63, 3.8) is 0 Å². The van der Waals surface area contributed by atoms with Gasteiger partial charge in [0.1, 0.15) is 0 Å². The molecular formula is C20H28N4O. The number of amides is 1. The highest BCUT2D eigenvalue weighted by Gasteiger charge is 2.22. The van der Waals surface area contributed by atoms with Gasteiger partial charge in [0.2, 0.25) is 5.91 Å². The summed E-state index contributed by atoms with van der Waals surface area (Å²) in [5.41, 5.74) is 2.40. The number of hydrogen-bond acceptors (Lipinski definition) is 3. The minimum Gasteiger partial charge on any atom is -0.350 e. The average Bonchev–Trinajstić information content (AvgIpc) is 3.02. The molecule has 0 spiro atoms. The molecule has 1 aromatic heterocycles. The fourth-order valence-corrected chi connectivity index (χ4v) is 3.52. The van der Waals surface area contributed by atoms with Crippen molar-refractivity contribution in [3.05, 3.63) is 53.9 Å². The number of hydrogen-bond donors (Lipinski definition) is 1. The summed E-state index contributed by atoms with van der Waals surface area (Å²) in [7, 11) is 1.99. The molecule has 25 heavy (non-hydrogen) atoms. The summed E-state index contributed by atoms with van der Waals surface area (Å²) in [5, 5.41) is 7.36. The van der Waals surface area contributed by atoms with E-state index in [2.05, 4.69) is 33.5 Å². The van der Waals surface area contributed by atoms with Gasteiger partial charge in [0.15, 0.2) is 0 Å². The van der Waals surface area contributed by atoms with Crippen LogP contribution in [0.5, 0.6) is 0 Å². The third-order valence-electron chi connectivity index (χ3n) is 5.17. The van der Waals surface area contributed by atoms with Crippen molar-refractivity contribution in [3.8, 4) is 0 Å². The zero-order valence-electron chi connectivity index (χ0n) is 15.2. The number of piperidine rings is 1. The molecule has 2 aromatic rings. The number of carbonyl (C=O) groups excluding carboxylic acids is 1. The first-order chi connectivity index (χ1) is 12.1. The maximum Gasteiger partial charge on any atom is 0.220 e. The third kappa shape index (κ3) is 4.92. The van der Waals surface area contributed by atoms with E-state index >= 15 is 0 Å². The van der Waals surface area contributed by atoms with Crippen LogP contribution in [0.4, 0.5) is 0 Å². The summed E-state index contributed by atoms with van der Waals surface area (Å²) in [4.78, 5) is 14.8. The Morgan fingerprint density at radius 1 is 1.24 bits per heavy atom. The van der Waals surface area contributed by atoms with Crippen LogP contribution in [-0.2, 0) is 18.4 Å². The van der Waals surface area contributed by atoms with Crippen molar-refractivity contribution in [2.24, 2.45) is 13.0 Å². The lowest BCUT2D eigenvalue weighted by Gasteiger charge is -2.31. The number of carbonyl (C=O) groups is 1. The fraction of sp³-hybridized carbons (Fsp3) is 0.500.